The highest BCUT2D eigenvalue weighted by Crippen LogP contribution is 2.18. The number of carbonyl (C=O) groups is 1. The van der Waals surface area contributed by atoms with Gasteiger partial charge >= 0.3 is 0 Å². The number of rotatable bonds is 8. The van der Waals surface area contributed by atoms with Gasteiger partial charge in [-0.05, 0) is 31.1 Å². The van der Waals surface area contributed by atoms with E-state index in [1.165, 1.54) is 16.9 Å². The summed E-state index contributed by atoms with van der Waals surface area (Å²) in [7, 11) is 0. The normalized spacial score (nSPS) is 10.7. The van der Waals surface area contributed by atoms with Crippen molar-refractivity contribution in [2.45, 2.75) is 32.7 Å². The van der Waals surface area contributed by atoms with Gasteiger partial charge in [-0.25, -0.2) is 4.98 Å². The fourth-order valence-corrected chi connectivity index (χ4v) is 3.56. The first-order valence-electron chi connectivity index (χ1n) is 8.60. The minimum Gasteiger partial charge on any atom is -0.302 e. The van der Waals surface area contributed by atoms with E-state index in [4.69, 9.17) is 12.2 Å². The monoisotopic (exact) mass is 399 g/mol. The van der Waals surface area contributed by atoms with E-state index < -0.39 is 0 Å². The van der Waals surface area contributed by atoms with E-state index in [1.807, 2.05) is 16.9 Å². The van der Waals surface area contributed by atoms with Crippen LogP contribution in [0.1, 0.15) is 29.1 Å². The molecule has 2 aromatic heterocycles. The molecule has 0 bridgehead atoms. The molecule has 8 heteroatoms. The summed E-state index contributed by atoms with van der Waals surface area (Å²) in [6, 6.07) is 8.23. The number of amides is 1. The molecule has 3 rings (SSSR count). The van der Waals surface area contributed by atoms with Crippen molar-refractivity contribution >= 4 is 34.6 Å². The first-order chi connectivity index (χ1) is 13.0. The predicted octanol–water partition coefficient (Wildman–Crippen LogP) is 4.05. The molecule has 0 unspecified atom stereocenters. The molecule has 6 nitrogen and oxygen atoms in total. The molecule has 0 atom stereocenters. The van der Waals surface area contributed by atoms with Crippen molar-refractivity contribution in [1.82, 2.24) is 19.7 Å². The van der Waals surface area contributed by atoms with Gasteiger partial charge < -0.3 is 5.32 Å². The summed E-state index contributed by atoms with van der Waals surface area (Å²) in [4.78, 5) is 16.7. The highest BCUT2D eigenvalue weighted by Gasteiger charge is 2.11. The molecule has 0 fully saturated rings. The third-order valence-corrected chi connectivity index (χ3v) is 5.17. The average Bonchev–Trinajstić information content (AvgIpc) is 3.23. The average molecular weight is 400 g/mol. The number of carbonyl (C=O) groups excluding carboxylic acids is 1. The molecule has 2 N–H and O–H groups in total. The van der Waals surface area contributed by atoms with Gasteiger partial charge in [-0.15, -0.1) is 17.9 Å². The molecule has 1 aromatic carbocycles. The summed E-state index contributed by atoms with van der Waals surface area (Å²) in [6.45, 7) is 6.38. The van der Waals surface area contributed by atoms with Crippen molar-refractivity contribution in [3.05, 3.63) is 69.7 Å². The number of hydrogen-bond donors (Lipinski definition) is 2. The molecule has 0 radical (unpaired) electrons. The van der Waals surface area contributed by atoms with Crippen LogP contribution in [0.5, 0.6) is 0 Å². The molecule has 0 aliphatic carbocycles. The quantitative estimate of drug-likeness (QED) is 0.442. The zero-order chi connectivity index (χ0) is 19.2. The third-order valence-electron chi connectivity index (χ3n) is 4.05. The van der Waals surface area contributed by atoms with Crippen molar-refractivity contribution in [3.63, 3.8) is 0 Å². The van der Waals surface area contributed by atoms with Crippen LogP contribution in [0.2, 0.25) is 0 Å². The Morgan fingerprint density at radius 1 is 1.41 bits per heavy atom. The Balaban J connectivity index is 1.56. The molecule has 0 spiro atoms. The van der Waals surface area contributed by atoms with Gasteiger partial charge in [-0.2, -0.15) is 5.10 Å². The van der Waals surface area contributed by atoms with E-state index >= 15 is 0 Å². The number of hydrogen-bond acceptors (Lipinski definition) is 5. The van der Waals surface area contributed by atoms with Gasteiger partial charge in [0.25, 0.3) is 0 Å². The van der Waals surface area contributed by atoms with Gasteiger partial charge in [0.15, 0.2) is 9.90 Å². The Bertz CT molecular complexity index is 984. The number of thiazole rings is 1. The van der Waals surface area contributed by atoms with Crippen molar-refractivity contribution < 1.29 is 4.79 Å². The summed E-state index contributed by atoms with van der Waals surface area (Å²) in [6.07, 6.45) is 3.45. The minimum atomic E-state index is -0.0363. The van der Waals surface area contributed by atoms with E-state index in [9.17, 15) is 4.79 Å². The van der Waals surface area contributed by atoms with Gasteiger partial charge in [0.05, 0.1) is 12.1 Å². The first-order valence-corrected chi connectivity index (χ1v) is 9.88. The number of H-pyrrole nitrogens is 1. The first kappa shape index (κ1) is 19.2. The number of anilines is 1. The number of allylic oxidation sites excluding steroid dienone is 1. The second-order valence-electron chi connectivity index (χ2n) is 6.20. The number of nitrogens with one attached hydrogen (secondary N) is 2. The molecule has 0 aliphatic heterocycles. The fraction of sp³-hybridized carbons (Fsp3) is 0.263. The van der Waals surface area contributed by atoms with Crippen LogP contribution >= 0.6 is 23.6 Å². The minimum absolute atomic E-state index is 0.0363. The summed E-state index contributed by atoms with van der Waals surface area (Å²) in [5, 5.41) is 12.4. The summed E-state index contributed by atoms with van der Waals surface area (Å²) >= 11 is 6.63. The molecule has 1 amide bonds. The molecule has 27 heavy (non-hydrogen) atoms. The molecular formula is C19H21N5OS2. The number of aromatic amines is 1. The van der Waals surface area contributed by atoms with Crippen LogP contribution in [-0.4, -0.2) is 25.7 Å². The Labute approximate surface area is 167 Å². The predicted molar refractivity (Wildman–Crippen MR) is 111 cm³/mol. The van der Waals surface area contributed by atoms with Crippen molar-refractivity contribution in [1.29, 1.82) is 0 Å². The molecule has 3 aromatic rings. The van der Waals surface area contributed by atoms with Crippen LogP contribution in [0.3, 0.4) is 0 Å². The maximum Gasteiger partial charge on any atom is 0.226 e. The van der Waals surface area contributed by atoms with Crippen molar-refractivity contribution in [2.24, 2.45) is 0 Å². The summed E-state index contributed by atoms with van der Waals surface area (Å²) in [5.41, 5.74) is 3.21. The molecule has 0 saturated heterocycles. The summed E-state index contributed by atoms with van der Waals surface area (Å²) < 4.78 is 2.44. The lowest BCUT2D eigenvalue weighted by molar-refractivity contribution is -0.116. The molecule has 0 aliphatic rings. The maximum atomic E-state index is 12.2. The zero-order valence-electron chi connectivity index (χ0n) is 15.1. The van der Waals surface area contributed by atoms with Gasteiger partial charge in [0.2, 0.25) is 5.91 Å². The summed E-state index contributed by atoms with van der Waals surface area (Å²) in [5.74, 6) is 0.758. The number of aromatic nitrogens is 4. The van der Waals surface area contributed by atoms with E-state index in [0.29, 0.717) is 35.7 Å². The Morgan fingerprint density at radius 3 is 2.93 bits per heavy atom. The SMILES string of the molecule is C=CCn1c(Cc2csc(NC(=O)CCc3ccc(C)cc3)n2)n[nH]c1=S. The van der Waals surface area contributed by atoms with E-state index in [1.54, 1.807) is 6.08 Å². The zero-order valence-corrected chi connectivity index (χ0v) is 16.7. The largest absolute Gasteiger partial charge is 0.302 e. The fourth-order valence-electron chi connectivity index (χ4n) is 2.60. The molecule has 140 valence electrons. The van der Waals surface area contributed by atoms with Crippen LogP contribution in [0.15, 0.2) is 42.3 Å². The second-order valence-corrected chi connectivity index (χ2v) is 7.44. The number of nitrogens with zero attached hydrogens (tertiary/aromatic N) is 3. The highest BCUT2D eigenvalue weighted by molar-refractivity contribution is 7.71. The third kappa shape index (κ3) is 5.21. The second kappa shape index (κ2) is 8.88. The maximum absolute atomic E-state index is 12.2. The standard InChI is InChI=1S/C19H21N5OS2/c1-3-10-24-16(22-23-19(24)26)11-15-12-27-18(20-15)21-17(25)9-8-14-6-4-13(2)5-7-14/h3-7,12H,1,8-11H2,2H3,(H,23,26)(H,20,21,25). The Hall–Kier alpha value is -2.58. The topological polar surface area (TPSA) is 75.6 Å². The smallest absolute Gasteiger partial charge is 0.226 e. The van der Waals surface area contributed by atoms with Crippen LogP contribution in [0.25, 0.3) is 0 Å². The van der Waals surface area contributed by atoms with Crippen LogP contribution in [0, 0.1) is 11.7 Å². The lowest BCUT2D eigenvalue weighted by Gasteiger charge is -2.03. The van der Waals surface area contributed by atoms with Crippen molar-refractivity contribution in [3.8, 4) is 0 Å². The Morgan fingerprint density at radius 2 is 2.19 bits per heavy atom. The lowest BCUT2D eigenvalue weighted by atomic mass is 10.1. The van der Waals surface area contributed by atoms with Gasteiger partial charge in [-0.3, -0.25) is 14.5 Å². The van der Waals surface area contributed by atoms with Gasteiger partial charge in [0.1, 0.15) is 5.82 Å². The van der Waals surface area contributed by atoms with Gasteiger partial charge in [0, 0.05) is 18.3 Å². The Kier molecular flexibility index (Phi) is 6.31. The van der Waals surface area contributed by atoms with E-state index in [2.05, 4.69) is 51.3 Å². The van der Waals surface area contributed by atoms with E-state index in [0.717, 1.165) is 17.1 Å². The van der Waals surface area contributed by atoms with Crippen LogP contribution in [0.4, 0.5) is 5.13 Å². The molecular weight excluding hydrogens is 378 g/mol. The number of aryl methyl sites for hydroxylation is 2. The van der Waals surface area contributed by atoms with Crippen molar-refractivity contribution in [2.75, 3.05) is 5.32 Å². The van der Waals surface area contributed by atoms with Crippen LogP contribution in [-0.2, 0) is 24.2 Å². The molecule has 0 saturated carbocycles. The lowest BCUT2D eigenvalue weighted by Crippen LogP contribution is -2.12. The number of benzene rings is 1. The highest BCUT2D eigenvalue weighted by atomic mass is 32.1. The van der Waals surface area contributed by atoms with Gasteiger partial charge in [-0.1, -0.05) is 35.9 Å². The molecule has 2 heterocycles. The van der Waals surface area contributed by atoms with Crippen LogP contribution < -0.4 is 5.32 Å². The van der Waals surface area contributed by atoms with E-state index in [-0.39, 0.29) is 5.91 Å².